The van der Waals surface area contributed by atoms with Gasteiger partial charge in [0, 0.05) is 27.2 Å². The molecule has 0 aliphatic rings. The Balaban J connectivity index is 2.16. The van der Waals surface area contributed by atoms with Crippen LogP contribution in [-0.4, -0.2) is 12.3 Å². The fourth-order valence-corrected chi connectivity index (χ4v) is 2.51. The molecule has 1 aromatic carbocycles. The molecule has 0 atom stereocenters. The number of nitrogens with two attached hydrogens (primary N) is 1. The van der Waals surface area contributed by atoms with E-state index in [1.807, 2.05) is 25.1 Å². The van der Waals surface area contributed by atoms with Crippen molar-refractivity contribution in [2.24, 2.45) is 10.9 Å². The van der Waals surface area contributed by atoms with Crippen LogP contribution in [0.3, 0.4) is 0 Å². The van der Waals surface area contributed by atoms with Crippen molar-refractivity contribution in [1.82, 2.24) is 0 Å². The van der Waals surface area contributed by atoms with Gasteiger partial charge < -0.3 is 10.6 Å². The summed E-state index contributed by atoms with van der Waals surface area (Å²) in [6.45, 7) is 2.69. The number of benzene rings is 1. The first-order valence-electron chi connectivity index (χ1n) is 5.22. The Labute approximate surface area is 109 Å². The lowest BCUT2D eigenvalue weighted by Gasteiger charge is -2.00. The van der Waals surface area contributed by atoms with Crippen molar-refractivity contribution in [2.45, 2.75) is 13.5 Å². The van der Waals surface area contributed by atoms with Gasteiger partial charge in [0.1, 0.15) is 6.61 Å². The van der Waals surface area contributed by atoms with E-state index < -0.39 is 0 Å². The number of nitrogens with zero attached hydrogens (tertiary/aromatic N) is 1. The topological polar surface area (TPSA) is 47.6 Å². The lowest BCUT2D eigenvalue weighted by atomic mass is 10.2. The van der Waals surface area contributed by atoms with Crippen molar-refractivity contribution < 1.29 is 4.84 Å². The number of halogens is 1. The molecule has 0 bridgehead atoms. The smallest absolute Gasteiger partial charge is 0.143 e. The summed E-state index contributed by atoms with van der Waals surface area (Å²) in [4.78, 5) is 5.25. The molecule has 3 nitrogen and oxygen atoms in total. The van der Waals surface area contributed by atoms with Crippen LogP contribution in [0.2, 0.25) is 5.02 Å². The largest absolute Gasteiger partial charge is 0.391 e. The molecule has 0 amide bonds. The number of oxime groups is 1. The molecule has 0 radical (unpaired) electrons. The average molecular weight is 269 g/mol. The maximum atomic E-state index is 5.97. The molecule has 0 saturated heterocycles. The lowest BCUT2D eigenvalue weighted by Crippen LogP contribution is -2.09. The van der Waals surface area contributed by atoms with Crippen LogP contribution in [0.25, 0.3) is 10.1 Å². The van der Waals surface area contributed by atoms with E-state index in [0.29, 0.717) is 13.2 Å². The number of hydrogen-bond donors (Lipinski definition) is 1. The highest BCUT2D eigenvalue weighted by Crippen LogP contribution is 2.29. The van der Waals surface area contributed by atoms with E-state index in [1.165, 1.54) is 4.70 Å². The molecule has 17 heavy (non-hydrogen) atoms. The first kappa shape index (κ1) is 12.4. The van der Waals surface area contributed by atoms with E-state index in [-0.39, 0.29) is 0 Å². The summed E-state index contributed by atoms with van der Waals surface area (Å²) in [5.74, 6) is 0. The summed E-state index contributed by atoms with van der Waals surface area (Å²) in [5.41, 5.74) is 7.29. The molecule has 0 aliphatic carbocycles. The van der Waals surface area contributed by atoms with Crippen molar-refractivity contribution in [2.75, 3.05) is 6.54 Å². The van der Waals surface area contributed by atoms with Gasteiger partial charge in [0.15, 0.2) is 0 Å². The Hall–Kier alpha value is -1.10. The van der Waals surface area contributed by atoms with Gasteiger partial charge in [0.2, 0.25) is 0 Å². The first-order chi connectivity index (χ1) is 8.20. The zero-order valence-corrected chi connectivity index (χ0v) is 11.0. The molecular formula is C12H13ClN2OS. The molecule has 2 rings (SSSR count). The molecule has 0 unspecified atom stereocenters. The highest BCUT2D eigenvalue weighted by atomic mass is 35.5. The van der Waals surface area contributed by atoms with Gasteiger partial charge in [-0.15, -0.1) is 11.3 Å². The summed E-state index contributed by atoms with van der Waals surface area (Å²) in [6, 6.07) is 5.85. The number of fused-ring (bicyclic) bond motifs is 1. The third kappa shape index (κ3) is 2.97. The van der Waals surface area contributed by atoms with Gasteiger partial charge in [0.25, 0.3) is 0 Å². The zero-order chi connectivity index (χ0) is 12.3. The molecular weight excluding hydrogens is 256 g/mol. The Bertz CT molecular complexity index is 550. The van der Waals surface area contributed by atoms with Gasteiger partial charge in [-0.1, -0.05) is 16.8 Å². The van der Waals surface area contributed by atoms with Crippen molar-refractivity contribution in [3.05, 3.63) is 34.2 Å². The molecule has 0 aliphatic heterocycles. The second kappa shape index (κ2) is 5.49. The number of rotatable bonds is 4. The highest BCUT2D eigenvalue weighted by Gasteiger charge is 2.05. The number of hydrogen-bond acceptors (Lipinski definition) is 4. The molecule has 0 saturated carbocycles. The summed E-state index contributed by atoms with van der Waals surface area (Å²) >= 11 is 7.65. The van der Waals surface area contributed by atoms with Crippen molar-refractivity contribution in [3.63, 3.8) is 0 Å². The van der Waals surface area contributed by atoms with Crippen LogP contribution in [0, 0.1) is 0 Å². The zero-order valence-electron chi connectivity index (χ0n) is 9.44. The SMILES string of the molecule is C/C(CN)=N\OCc1csc2ccc(Cl)cc12. The van der Waals surface area contributed by atoms with Crippen molar-refractivity contribution in [3.8, 4) is 0 Å². The van der Waals surface area contributed by atoms with Crippen molar-refractivity contribution >= 4 is 38.7 Å². The molecule has 1 heterocycles. The van der Waals surface area contributed by atoms with E-state index >= 15 is 0 Å². The first-order valence-corrected chi connectivity index (χ1v) is 6.47. The van der Waals surface area contributed by atoms with Gasteiger partial charge >= 0.3 is 0 Å². The van der Waals surface area contributed by atoms with Crippen LogP contribution in [0.15, 0.2) is 28.7 Å². The maximum Gasteiger partial charge on any atom is 0.143 e. The van der Waals surface area contributed by atoms with Crippen LogP contribution in [0.5, 0.6) is 0 Å². The Kier molecular flexibility index (Phi) is 3.99. The van der Waals surface area contributed by atoms with E-state index in [0.717, 1.165) is 21.7 Å². The molecule has 0 spiro atoms. The van der Waals surface area contributed by atoms with Crippen LogP contribution >= 0.6 is 22.9 Å². The lowest BCUT2D eigenvalue weighted by molar-refractivity contribution is 0.131. The van der Waals surface area contributed by atoms with Crippen LogP contribution in [0.1, 0.15) is 12.5 Å². The highest BCUT2D eigenvalue weighted by molar-refractivity contribution is 7.17. The minimum absolute atomic E-state index is 0.413. The summed E-state index contributed by atoms with van der Waals surface area (Å²) in [7, 11) is 0. The Morgan fingerprint density at radius 1 is 1.53 bits per heavy atom. The third-order valence-electron chi connectivity index (χ3n) is 2.35. The second-order valence-electron chi connectivity index (χ2n) is 3.71. The molecule has 2 aromatic rings. The van der Waals surface area contributed by atoms with Gasteiger partial charge in [0.05, 0.1) is 5.71 Å². The maximum absolute atomic E-state index is 5.97. The van der Waals surface area contributed by atoms with Gasteiger partial charge in [-0.2, -0.15) is 0 Å². The third-order valence-corrected chi connectivity index (χ3v) is 3.60. The monoisotopic (exact) mass is 268 g/mol. The van der Waals surface area contributed by atoms with E-state index in [2.05, 4.69) is 10.5 Å². The second-order valence-corrected chi connectivity index (χ2v) is 5.05. The summed E-state index contributed by atoms with van der Waals surface area (Å²) < 4.78 is 1.20. The van der Waals surface area contributed by atoms with Crippen LogP contribution < -0.4 is 5.73 Å². The van der Waals surface area contributed by atoms with E-state index in [4.69, 9.17) is 22.2 Å². The minimum Gasteiger partial charge on any atom is -0.391 e. The average Bonchev–Trinajstić information content (AvgIpc) is 2.72. The molecule has 5 heteroatoms. The van der Waals surface area contributed by atoms with Crippen LogP contribution in [-0.2, 0) is 11.4 Å². The van der Waals surface area contributed by atoms with Gasteiger partial charge in [-0.3, -0.25) is 0 Å². The molecule has 90 valence electrons. The fraction of sp³-hybridized carbons (Fsp3) is 0.250. The summed E-state index contributed by atoms with van der Waals surface area (Å²) in [6.07, 6.45) is 0. The Morgan fingerprint density at radius 2 is 2.35 bits per heavy atom. The standard InChI is InChI=1S/C12H13ClN2OS/c1-8(5-14)15-16-6-9-7-17-12-3-2-10(13)4-11(9)12/h2-4,7H,5-6,14H2,1H3/b15-8+. The normalized spacial score (nSPS) is 12.1. The summed E-state index contributed by atoms with van der Waals surface area (Å²) in [5, 5.41) is 7.84. The predicted molar refractivity (Wildman–Crippen MR) is 73.8 cm³/mol. The molecule has 0 fully saturated rings. The quantitative estimate of drug-likeness (QED) is 0.682. The predicted octanol–water partition coefficient (Wildman–Crippen LogP) is 3.41. The van der Waals surface area contributed by atoms with Crippen LogP contribution in [0.4, 0.5) is 0 Å². The van der Waals surface area contributed by atoms with E-state index in [9.17, 15) is 0 Å². The fourth-order valence-electron chi connectivity index (χ4n) is 1.42. The molecule has 2 N–H and O–H groups in total. The minimum atomic E-state index is 0.413. The number of thiophene rings is 1. The van der Waals surface area contributed by atoms with E-state index in [1.54, 1.807) is 11.3 Å². The molecule has 1 aromatic heterocycles. The Morgan fingerprint density at radius 3 is 3.12 bits per heavy atom. The van der Waals surface area contributed by atoms with Crippen molar-refractivity contribution in [1.29, 1.82) is 0 Å². The van der Waals surface area contributed by atoms with Gasteiger partial charge in [-0.25, -0.2) is 0 Å². The van der Waals surface area contributed by atoms with Gasteiger partial charge in [-0.05, 0) is 30.5 Å².